The van der Waals surface area contributed by atoms with Crippen molar-refractivity contribution in [2.75, 3.05) is 0 Å². The van der Waals surface area contributed by atoms with Gasteiger partial charge in [-0.3, -0.25) is 0 Å². The van der Waals surface area contributed by atoms with Crippen molar-refractivity contribution in [2.24, 2.45) is 11.7 Å². The second-order valence-corrected chi connectivity index (χ2v) is 6.12. The lowest BCUT2D eigenvalue weighted by molar-refractivity contribution is 0.471. The molecule has 90 valence electrons. The average molecular weight is 266 g/mol. The molecule has 0 saturated carbocycles. The molecule has 0 saturated heterocycles. The minimum atomic E-state index is 0.0806. The lowest BCUT2D eigenvalue weighted by atomic mass is 9.92. The van der Waals surface area contributed by atoms with E-state index in [9.17, 15) is 0 Å². The first-order chi connectivity index (χ1) is 8.16. The first-order valence-electron chi connectivity index (χ1n) is 5.71. The van der Waals surface area contributed by atoms with Gasteiger partial charge in [0, 0.05) is 10.9 Å². The highest BCUT2D eigenvalue weighted by Gasteiger charge is 2.15. The van der Waals surface area contributed by atoms with Gasteiger partial charge in [-0.1, -0.05) is 48.9 Å². The summed E-state index contributed by atoms with van der Waals surface area (Å²) >= 11 is 7.57. The number of halogens is 1. The molecular weight excluding hydrogens is 250 g/mol. The second kappa shape index (κ2) is 5.67. The fourth-order valence-corrected chi connectivity index (χ4v) is 3.14. The van der Waals surface area contributed by atoms with Gasteiger partial charge in [-0.15, -0.1) is 11.3 Å². The van der Waals surface area contributed by atoms with Crippen LogP contribution in [0.5, 0.6) is 0 Å². The van der Waals surface area contributed by atoms with Gasteiger partial charge < -0.3 is 5.73 Å². The molecule has 2 aromatic rings. The van der Waals surface area contributed by atoms with Crippen molar-refractivity contribution in [1.82, 2.24) is 0 Å². The van der Waals surface area contributed by atoms with Crippen molar-refractivity contribution in [3.8, 4) is 0 Å². The molecule has 0 bridgehead atoms. The highest BCUT2D eigenvalue weighted by atomic mass is 35.5. The van der Waals surface area contributed by atoms with Crippen molar-refractivity contribution in [3.63, 3.8) is 0 Å². The van der Waals surface area contributed by atoms with Crippen LogP contribution in [0.2, 0.25) is 4.34 Å². The number of rotatable bonds is 4. The Morgan fingerprint density at radius 3 is 2.47 bits per heavy atom. The SMILES string of the molecule is CC(Cc1ccc(Cl)s1)C(N)c1ccccc1. The van der Waals surface area contributed by atoms with E-state index in [0.29, 0.717) is 5.92 Å². The van der Waals surface area contributed by atoms with Gasteiger partial charge in [-0.2, -0.15) is 0 Å². The Kier molecular flexibility index (Phi) is 4.21. The minimum absolute atomic E-state index is 0.0806. The summed E-state index contributed by atoms with van der Waals surface area (Å²) in [5, 5.41) is 0. The van der Waals surface area contributed by atoms with Crippen LogP contribution in [0.1, 0.15) is 23.4 Å². The largest absolute Gasteiger partial charge is 0.324 e. The maximum atomic E-state index is 6.26. The van der Waals surface area contributed by atoms with Gasteiger partial charge in [-0.05, 0) is 30.0 Å². The van der Waals surface area contributed by atoms with E-state index in [4.69, 9.17) is 17.3 Å². The summed E-state index contributed by atoms with van der Waals surface area (Å²) in [6.07, 6.45) is 0.980. The Morgan fingerprint density at radius 2 is 1.88 bits per heavy atom. The van der Waals surface area contributed by atoms with Crippen molar-refractivity contribution in [2.45, 2.75) is 19.4 Å². The molecule has 2 N–H and O–H groups in total. The lowest BCUT2D eigenvalue weighted by Crippen LogP contribution is -2.20. The van der Waals surface area contributed by atoms with Crippen LogP contribution in [0.3, 0.4) is 0 Å². The Labute approximate surface area is 111 Å². The Balaban J connectivity index is 2.03. The van der Waals surface area contributed by atoms with E-state index in [-0.39, 0.29) is 6.04 Å². The minimum Gasteiger partial charge on any atom is -0.324 e. The number of benzene rings is 1. The first-order valence-corrected chi connectivity index (χ1v) is 6.91. The van der Waals surface area contributed by atoms with Gasteiger partial charge in [0.15, 0.2) is 0 Å². The average Bonchev–Trinajstić information content (AvgIpc) is 2.75. The maximum absolute atomic E-state index is 6.26. The molecule has 0 fully saturated rings. The van der Waals surface area contributed by atoms with Gasteiger partial charge in [0.2, 0.25) is 0 Å². The number of hydrogen-bond donors (Lipinski definition) is 1. The summed E-state index contributed by atoms with van der Waals surface area (Å²) in [7, 11) is 0. The van der Waals surface area contributed by atoms with Gasteiger partial charge in [0.25, 0.3) is 0 Å². The summed E-state index contributed by atoms with van der Waals surface area (Å²) in [5.41, 5.74) is 7.46. The predicted molar refractivity (Wildman–Crippen MR) is 75.6 cm³/mol. The summed E-state index contributed by atoms with van der Waals surface area (Å²) in [5.74, 6) is 0.409. The summed E-state index contributed by atoms with van der Waals surface area (Å²) in [6.45, 7) is 2.19. The van der Waals surface area contributed by atoms with E-state index in [1.165, 1.54) is 10.4 Å². The molecule has 0 aliphatic carbocycles. The van der Waals surface area contributed by atoms with Gasteiger partial charge in [-0.25, -0.2) is 0 Å². The molecule has 0 aliphatic heterocycles. The smallest absolute Gasteiger partial charge is 0.0931 e. The molecule has 2 atom stereocenters. The van der Waals surface area contributed by atoms with Gasteiger partial charge in [0.05, 0.1) is 4.34 Å². The highest BCUT2D eigenvalue weighted by molar-refractivity contribution is 7.16. The van der Waals surface area contributed by atoms with Crippen molar-refractivity contribution >= 4 is 22.9 Å². The highest BCUT2D eigenvalue weighted by Crippen LogP contribution is 2.28. The molecule has 1 heterocycles. The molecule has 3 heteroatoms. The molecule has 0 aliphatic rings. The predicted octanol–water partition coefficient (Wildman–Crippen LogP) is 4.28. The fourth-order valence-electron chi connectivity index (χ4n) is 1.91. The van der Waals surface area contributed by atoms with Crippen LogP contribution in [0, 0.1) is 5.92 Å². The zero-order valence-electron chi connectivity index (χ0n) is 9.77. The van der Waals surface area contributed by atoms with Gasteiger partial charge in [0.1, 0.15) is 0 Å². The topological polar surface area (TPSA) is 26.0 Å². The molecule has 0 radical (unpaired) electrons. The maximum Gasteiger partial charge on any atom is 0.0931 e. The van der Waals surface area contributed by atoms with Gasteiger partial charge >= 0.3 is 0 Å². The number of hydrogen-bond acceptors (Lipinski definition) is 2. The third kappa shape index (κ3) is 3.32. The number of nitrogens with two attached hydrogens (primary N) is 1. The summed E-state index contributed by atoms with van der Waals surface area (Å²) < 4.78 is 0.848. The zero-order chi connectivity index (χ0) is 12.3. The molecule has 1 aromatic carbocycles. The normalized spacial score (nSPS) is 14.5. The summed E-state index contributed by atoms with van der Waals surface area (Å²) in [4.78, 5) is 1.30. The molecule has 2 rings (SSSR count). The third-order valence-corrected chi connectivity index (χ3v) is 4.20. The fraction of sp³-hybridized carbons (Fsp3) is 0.286. The third-order valence-electron chi connectivity index (χ3n) is 2.95. The second-order valence-electron chi connectivity index (χ2n) is 4.32. The van der Waals surface area contributed by atoms with E-state index in [2.05, 4.69) is 25.1 Å². The Bertz CT molecular complexity index is 466. The van der Waals surface area contributed by atoms with E-state index < -0.39 is 0 Å². The van der Waals surface area contributed by atoms with Crippen LogP contribution in [-0.2, 0) is 6.42 Å². The number of thiophene rings is 1. The molecular formula is C14H16ClNS. The standard InChI is InChI=1S/C14H16ClNS/c1-10(9-12-7-8-13(15)17-12)14(16)11-5-3-2-4-6-11/h2-8,10,14H,9,16H2,1H3. The first kappa shape index (κ1) is 12.6. The van der Waals surface area contributed by atoms with E-state index in [1.54, 1.807) is 11.3 Å². The monoisotopic (exact) mass is 265 g/mol. The summed E-state index contributed by atoms with van der Waals surface area (Å²) in [6, 6.07) is 14.4. The lowest BCUT2D eigenvalue weighted by Gasteiger charge is -2.19. The Hall–Kier alpha value is -0.830. The molecule has 17 heavy (non-hydrogen) atoms. The molecule has 0 amide bonds. The van der Waals surface area contributed by atoms with Crippen LogP contribution in [0.25, 0.3) is 0 Å². The Morgan fingerprint density at radius 1 is 1.18 bits per heavy atom. The van der Waals surface area contributed by atoms with Crippen LogP contribution in [-0.4, -0.2) is 0 Å². The van der Waals surface area contributed by atoms with E-state index >= 15 is 0 Å². The molecule has 1 aromatic heterocycles. The van der Waals surface area contributed by atoms with Crippen molar-refractivity contribution < 1.29 is 0 Å². The molecule has 0 spiro atoms. The molecule has 2 unspecified atom stereocenters. The van der Waals surface area contributed by atoms with Crippen LogP contribution < -0.4 is 5.73 Å². The zero-order valence-corrected chi connectivity index (χ0v) is 11.3. The van der Waals surface area contributed by atoms with Crippen LogP contribution in [0.4, 0.5) is 0 Å². The van der Waals surface area contributed by atoms with Crippen molar-refractivity contribution in [1.29, 1.82) is 0 Å². The quantitative estimate of drug-likeness (QED) is 0.877. The van der Waals surface area contributed by atoms with E-state index in [1.807, 2.05) is 24.3 Å². The van der Waals surface area contributed by atoms with E-state index in [0.717, 1.165) is 10.8 Å². The van der Waals surface area contributed by atoms with Crippen molar-refractivity contribution in [3.05, 3.63) is 57.2 Å². The van der Waals surface area contributed by atoms with Crippen LogP contribution in [0.15, 0.2) is 42.5 Å². The van der Waals surface area contributed by atoms with Crippen LogP contribution >= 0.6 is 22.9 Å². The molecule has 1 nitrogen and oxygen atoms in total.